The minimum absolute atomic E-state index is 0. The number of halogens is 1. The Morgan fingerprint density at radius 1 is 1.30 bits per heavy atom. The van der Waals surface area contributed by atoms with E-state index in [2.05, 4.69) is 19.2 Å². The molecule has 0 spiro atoms. The van der Waals surface area contributed by atoms with E-state index in [9.17, 15) is 4.79 Å². The molecule has 0 bridgehead atoms. The first-order valence-electron chi connectivity index (χ1n) is 7.66. The highest BCUT2D eigenvalue weighted by atomic mass is 35.5. The second-order valence-electron chi connectivity index (χ2n) is 7.14. The average molecular weight is 303 g/mol. The molecular weight excluding hydrogens is 276 g/mol. The van der Waals surface area contributed by atoms with Crippen LogP contribution in [0.2, 0.25) is 0 Å². The van der Waals surface area contributed by atoms with Crippen LogP contribution in [0, 0.1) is 17.3 Å². The van der Waals surface area contributed by atoms with Gasteiger partial charge in [0.1, 0.15) is 5.54 Å². The van der Waals surface area contributed by atoms with Gasteiger partial charge in [0, 0.05) is 24.5 Å². The standard InChI is InChI=1S/C15H26N2O2.ClH/c1-14(2)12-11(7-4-8-19-12)15(14,16)13(18)17-9-10-5-3-6-10;/h10-12H,3-9,16H2,1-2H3,(H,17,18);1H. The van der Waals surface area contributed by atoms with Crippen LogP contribution in [-0.2, 0) is 9.53 Å². The van der Waals surface area contributed by atoms with Crippen LogP contribution in [0.15, 0.2) is 0 Å². The topological polar surface area (TPSA) is 64.3 Å². The molecule has 3 unspecified atom stereocenters. The molecule has 116 valence electrons. The van der Waals surface area contributed by atoms with Crippen molar-refractivity contribution in [2.75, 3.05) is 13.2 Å². The summed E-state index contributed by atoms with van der Waals surface area (Å²) in [7, 11) is 0. The Bertz CT molecular complexity index is 384. The molecule has 4 nitrogen and oxygen atoms in total. The summed E-state index contributed by atoms with van der Waals surface area (Å²) in [5.41, 5.74) is 5.52. The zero-order chi connectivity index (χ0) is 13.7. The van der Waals surface area contributed by atoms with Crippen molar-refractivity contribution >= 4 is 18.3 Å². The zero-order valence-electron chi connectivity index (χ0n) is 12.5. The van der Waals surface area contributed by atoms with Crippen molar-refractivity contribution in [2.24, 2.45) is 23.0 Å². The van der Waals surface area contributed by atoms with E-state index in [1.165, 1.54) is 19.3 Å². The van der Waals surface area contributed by atoms with Crippen molar-refractivity contribution in [3.8, 4) is 0 Å². The van der Waals surface area contributed by atoms with Crippen LogP contribution >= 0.6 is 12.4 Å². The lowest BCUT2D eigenvalue weighted by Gasteiger charge is -2.65. The molecule has 3 N–H and O–H groups in total. The van der Waals surface area contributed by atoms with Crippen molar-refractivity contribution in [3.63, 3.8) is 0 Å². The van der Waals surface area contributed by atoms with E-state index >= 15 is 0 Å². The Morgan fingerprint density at radius 2 is 2.00 bits per heavy atom. The molecule has 3 rings (SSSR count). The number of fused-ring (bicyclic) bond motifs is 1. The summed E-state index contributed by atoms with van der Waals surface area (Å²) < 4.78 is 5.84. The largest absolute Gasteiger partial charge is 0.377 e. The van der Waals surface area contributed by atoms with Crippen LogP contribution in [0.5, 0.6) is 0 Å². The third-order valence-electron chi connectivity index (χ3n) is 5.84. The van der Waals surface area contributed by atoms with Crippen LogP contribution in [0.1, 0.15) is 46.0 Å². The van der Waals surface area contributed by atoms with Crippen molar-refractivity contribution in [3.05, 3.63) is 0 Å². The minimum Gasteiger partial charge on any atom is -0.377 e. The molecule has 2 saturated carbocycles. The monoisotopic (exact) mass is 302 g/mol. The molecule has 0 aromatic rings. The summed E-state index contributed by atoms with van der Waals surface area (Å²) in [5, 5.41) is 3.10. The second-order valence-corrected chi connectivity index (χ2v) is 7.14. The molecule has 5 heteroatoms. The highest BCUT2D eigenvalue weighted by Gasteiger charge is 2.70. The SMILES string of the molecule is CC1(C)C2OCCCC2C1(N)C(=O)NCC1CCC1.Cl. The molecule has 3 atom stereocenters. The fourth-order valence-electron chi connectivity index (χ4n) is 4.12. The maximum atomic E-state index is 12.6. The number of ether oxygens (including phenoxy) is 1. The average Bonchev–Trinajstić information content (AvgIpc) is 2.35. The third-order valence-corrected chi connectivity index (χ3v) is 5.84. The van der Waals surface area contributed by atoms with Gasteiger partial charge in [0.25, 0.3) is 0 Å². The summed E-state index contributed by atoms with van der Waals surface area (Å²) >= 11 is 0. The predicted octanol–water partition coefficient (Wildman–Crippen LogP) is 1.86. The predicted molar refractivity (Wildman–Crippen MR) is 80.8 cm³/mol. The number of nitrogens with two attached hydrogens (primary N) is 1. The molecule has 1 saturated heterocycles. The summed E-state index contributed by atoms with van der Waals surface area (Å²) in [5.74, 6) is 0.905. The summed E-state index contributed by atoms with van der Waals surface area (Å²) in [4.78, 5) is 12.6. The van der Waals surface area contributed by atoms with Gasteiger partial charge in [-0.05, 0) is 31.6 Å². The Kier molecular flexibility index (Phi) is 4.39. The van der Waals surface area contributed by atoms with Crippen molar-refractivity contribution in [1.82, 2.24) is 5.32 Å². The molecule has 20 heavy (non-hydrogen) atoms. The molecule has 0 radical (unpaired) electrons. The maximum absolute atomic E-state index is 12.6. The van der Waals surface area contributed by atoms with Gasteiger partial charge in [-0.25, -0.2) is 0 Å². The fourth-order valence-corrected chi connectivity index (χ4v) is 4.12. The van der Waals surface area contributed by atoms with Crippen LogP contribution in [0.4, 0.5) is 0 Å². The quantitative estimate of drug-likeness (QED) is 0.836. The fraction of sp³-hybridized carbons (Fsp3) is 0.933. The summed E-state index contributed by atoms with van der Waals surface area (Å²) in [6.07, 6.45) is 5.99. The maximum Gasteiger partial charge on any atom is 0.241 e. The number of carbonyl (C=O) groups excluding carboxylic acids is 1. The molecule has 1 aliphatic heterocycles. The zero-order valence-corrected chi connectivity index (χ0v) is 13.3. The number of carbonyl (C=O) groups is 1. The number of hydrogen-bond donors (Lipinski definition) is 2. The van der Waals surface area contributed by atoms with E-state index in [4.69, 9.17) is 10.5 Å². The molecule has 0 aromatic heterocycles. The lowest BCUT2D eigenvalue weighted by atomic mass is 9.46. The Labute approximate surface area is 127 Å². The number of amides is 1. The first-order chi connectivity index (χ1) is 8.98. The van der Waals surface area contributed by atoms with E-state index < -0.39 is 5.54 Å². The van der Waals surface area contributed by atoms with Crippen molar-refractivity contribution < 1.29 is 9.53 Å². The van der Waals surface area contributed by atoms with Gasteiger partial charge in [0.05, 0.1) is 6.10 Å². The number of nitrogens with one attached hydrogen (secondary N) is 1. The van der Waals surface area contributed by atoms with Crippen LogP contribution < -0.4 is 11.1 Å². The second kappa shape index (κ2) is 5.47. The smallest absolute Gasteiger partial charge is 0.241 e. The number of hydrogen-bond acceptors (Lipinski definition) is 3. The Morgan fingerprint density at radius 3 is 2.60 bits per heavy atom. The van der Waals surface area contributed by atoms with Gasteiger partial charge in [-0.15, -0.1) is 12.4 Å². The third kappa shape index (κ3) is 2.08. The van der Waals surface area contributed by atoms with Crippen molar-refractivity contribution in [2.45, 2.75) is 57.6 Å². The van der Waals surface area contributed by atoms with E-state index in [0.29, 0.717) is 5.92 Å². The van der Waals surface area contributed by atoms with Gasteiger partial charge in [-0.2, -0.15) is 0 Å². The van der Waals surface area contributed by atoms with Crippen LogP contribution in [-0.4, -0.2) is 30.7 Å². The highest BCUT2D eigenvalue weighted by Crippen LogP contribution is 2.57. The molecule has 2 aliphatic carbocycles. The molecular formula is C15H27ClN2O2. The van der Waals surface area contributed by atoms with Gasteiger partial charge in [-0.3, -0.25) is 4.79 Å². The number of rotatable bonds is 3. The van der Waals surface area contributed by atoms with E-state index in [1.807, 2.05) is 0 Å². The Hall–Kier alpha value is -0.320. The van der Waals surface area contributed by atoms with E-state index in [-0.39, 0.29) is 35.8 Å². The molecule has 1 heterocycles. The lowest BCUT2D eigenvalue weighted by Crippen LogP contribution is -2.82. The van der Waals surface area contributed by atoms with Crippen molar-refractivity contribution in [1.29, 1.82) is 0 Å². The lowest BCUT2D eigenvalue weighted by molar-refractivity contribution is -0.225. The van der Waals surface area contributed by atoms with Crippen LogP contribution in [0.3, 0.4) is 0 Å². The van der Waals surface area contributed by atoms with Gasteiger partial charge in [0.15, 0.2) is 0 Å². The van der Waals surface area contributed by atoms with Gasteiger partial charge >= 0.3 is 0 Å². The van der Waals surface area contributed by atoms with Gasteiger partial charge in [-0.1, -0.05) is 20.3 Å². The van der Waals surface area contributed by atoms with Crippen LogP contribution in [0.25, 0.3) is 0 Å². The highest BCUT2D eigenvalue weighted by molar-refractivity contribution is 5.89. The molecule has 3 aliphatic rings. The summed E-state index contributed by atoms with van der Waals surface area (Å²) in [6.45, 7) is 5.75. The Balaban J connectivity index is 0.00000147. The van der Waals surface area contributed by atoms with E-state index in [0.717, 1.165) is 26.0 Å². The minimum atomic E-state index is -0.748. The first-order valence-corrected chi connectivity index (χ1v) is 7.66. The first kappa shape index (κ1) is 16.1. The van der Waals surface area contributed by atoms with E-state index in [1.54, 1.807) is 0 Å². The molecule has 3 fully saturated rings. The normalized spacial score (nSPS) is 38.8. The summed E-state index contributed by atoms with van der Waals surface area (Å²) in [6, 6.07) is 0. The molecule has 1 amide bonds. The molecule has 0 aromatic carbocycles. The van der Waals surface area contributed by atoms with Gasteiger partial charge < -0.3 is 15.8 Å². The van der Waals surface area contributed by atoms with Gasteiger partial charge in [0.2, 0.25) is 5.91 Å².